The zero-order chi connectivity index (χ0) is 22.9. The van der Waals surface area contributed by atoms with E-state index < -0.39 is 11.0 Å². The summed E-state index contributed by atoms with van der Waals surface area (Å²) in [4.78, 5) is 17.5. The van der Waals surface area contributed by atoms with Crippen LogP contribution in [0.15, 0.2) is 89.5 Å². The summed E-state index contributed by atoms with van der Waals surface area (Å²) in [7, 11) is 0. The van der Waals surface area contributed by atoms with E-state index in [-0.39, 0.29) is 17.5 Å². The lowest BCUT2D eigenvalue weighted by molar-refractivity contribution is -0.384. The summed E-state index contributed by atoms with van der Waals surface area (Å²) in [6.45, 7) is 0. The van der Waals surface area contributed by atoms with E-state index in [0.717, 1.165) is 11.4 Å². The van der Waals surface area contributed by atoms with Crippen LogP contribution < -0.4 is 10.2 Å². The third-order valence-corrected chi connectivity index (χ3v) is 5.83. The van der Waals surface area contributed by atoms with Crippen LogP contribution in [0.4, 0.5) is 11.4 Å². The van der Waals surface area contributed by atoms with E-state index in [4.69, 9.17) is 16.6 Å². The molecule has 33 heavy (non-hydrogen) atoms. The Morgan fingerprint density at radius 1 is 1.03 bits per heavy atom. The SMILES string of the molecule is O=[N+]([O-])c1ccccc1-c1ccc([C@H]2[C@@H](c3ccccn3)NC(=S)N2c2ccc(O)cc2)o1. The predicted molar refractivity (Wildman–Crippen MR) is 127 cm³/mol. The van der Waals surface area contributed by atoms with Crippen molar-refractivity contribution in [1.82, 2.24) is 10.3 Å². The number of hydrogen-bond donors (Lipinski definition) is 2. The van der Waals surface area contributed by atoms with Gasteiger partial charge in [0.1, 0.15) is 23.3 Å². The molecule has 0 aliphatic carbocycles. The van der Waals surface area contributed by atoms with Crippen LogP contribution >= 0.6 is 12.2 Å². The number of phenols is 1. The zero-order valence-electron chi connectivity index (χ0n) is 17.2. The molecule has 1 fully saturated rings. The van der Waals surface area contributed by atoms with Crippen molar-refractivity contribution in [3.05, 3.63) is 107 Å². The van der Waals surface area contributed by atoms with Crippen LogP contribution in [0.1, 0.15) is 23.5 Å². The van der Waals surface area contributed by atoms with Crippen LogP contribution in [-0.2, 0) is 0 Å². The molecule has 0 saturated carbocycles. The van der Waals surface area contributed by atoms with Gasteiger partial charge in [0.25, 0.3) is 5.69 Å². The lowest BCUT2D eigenvalue weighted by Gasteiger charge is -2.26. The van der Waals surface area contributed by atoms with E-state index in [1.54, 1.807) is 60.8 Å². The number of aromatic nitrogens is 1. The Morgan fingerprint density at radius 2 is 1.79 bits per heavy atom. The molecule has 1 aliphatic rings. The van der Waals surface area contributed by atoms with Crippen molar-refractivity contribution in [2.24, 2.45) is 0 Å². The number of nitrogens with one attached hydrogen (secondary N) is 1. The fourth-order valence-electron chi connectivity index (χ4n) is 4.03. The van der Waals surface area contributed by atoms with Crippen LogP contribution in [0, 0.1) is 10.1 Å². The lowest BCUT2D eigenvalue weighted by Crippen LogP contribution is -2.29. The Hall–Kier alpha value is -4.24. The number of hydrogen-bond acceptors (Lipinski definition) is 6. The van der Waals surface area contributed by atoms with Gasteiger partial charge in [-0.05, 0) is 66.8 Å². The van der Waals surface area contributed by atoms with Gasteiger partial charge in [0, 0.05) is 18.0 Å². The van der Waals surface area contributed by atoms with Crippen molar-refractivity contribution in [1.29, 1.82) is 0 Å². The second kappa shape index (κ2) is 8.36. The number of para-hydroxylation sites is 1. The van der Waals surface area contributed by atoms with Gasteiger partial charge in [-0.15, -0.1) is 0 Å². The Balaban J connectivity index is 1.61. The van der Waals surface area contributed by atoms with Gasteiger partial charge in [0.05, 0.1) is 22.2 Å². The molecule has 5 rings (SSSR count). The molecule has 164 valence electrons. The van der Waals surface area contributed by atoms with E-state index in [1.807, 2.05) is 23.1 Å². The molecule has 2 N–H and O–H groups in total. The average Bonchev–Trinajstić information content (AvgIpc) is 3.45. The molecule has 4 aromatic rings. The number of thiocarbonyl (C=S) groups is 1. The number of aromatic hydroxyl groups is 1. The standard InChI is InChI=1S/C24H18N4O4S/c29-16-10-8-15(9-11-16)27-23(22(26-24(27)33)18-6-3-4-14-25-18)21-13-12-20(32-21)17-5-1-2-7-19(17)28(30)31/h1-14,22-23,29H,(H,26,33)/t22-,23+/m1/s1. The van der Waals surface area contributed by atoms with Gasteiger partial charge in [-0.3, -0.25) is 15.1 Å². The molecule has 3 heterocycles. The highest BCUT2D eigenvalue weighted by molar-refractivity contribution is 7.80. The van der Waals surface area contributed by atoms with Crippen molar-refractivity contribution < 1.29 is 14.4 Å². The van der Waals surface area contributed by atoms with Gasteiger partial charge in [0.15, 0.2) is 5.11 Å². The van der Waals surface area contributed by atoms with Crippen molar-refractivity contribution >= 4 is 28.7 Å². The smallest absolute Gasteiger partial charge is 0.280 e. The van der Waals surface area contributed by atoms with Crippen molar-refractivity contribution in [2.75, 3.05) is 4.90 Å². The fraction of sp³-hybridized carbons (Fsp3) is 0.0833. The number of nitrogens with zero attached hydrogens (tertiary/aromatic N) is 3. The number of phenolic OH excluding ortho intramolecular Hbond substituents is 1. The normalized spacial score (nSPS) is 17.7. The summed E-state index contributed by atoms with van der Waals surface area (Å²) in [5.74, 6) is 1.10. The second-order valence-corrected chi connectivity index (χ2v) is 7.88. The summed E-state index contributed by atoms with van der Waals surface area (Å²) < 4.78 is 6.20. The number of anilines is 1. The largest absolute Gasteiger partial charge is 0.508 e. The van der Waals surface area contributed by atoms with Crippen LogP contribution in [-0.4, -0.2) is 20.1 Å². The Labute approximate surface area is 194 Å². The summed E-state index contributed by atoms with van der Waals surface area (Å²) in [5, 5.41) is 25.0. The molecule has 0 amide bonds. The topological polar surface area (TPSA) is 105 Å². The van der Waals surface area contributed by atoms with Gasteiger partial charge in [-0.2, -0.15) is 0 Å². The van der Waals surface area contributed by atoms with Crippen LogP contribution in [0.25, 0.3) is 11.3 Å². The number of furan rings is 1. The first-order valence-electron chi connectivity index (χ1n) is 10.2. The highest BCUT2D eigenvalue weighted by Crippen LogP contribution is 2.43. The van der Waals surface area contributed by atoms with Crippen molar-refractivity contribution in [3.8, 4) is 17.1 Å². The molecule has 0 bridgehead atoms. The number of nitro groups is 1. The molecule has 1 saturated heterocycles. The molecule has 9 heteroatoms. The molecule has 2 aromatic heterocycles. The van der Waals surface area contributed by atoms with E-state index in [2.05, 4.69) is 10.3 Å². The monoisotopic (exact) mass is 458 g/mol. The summed E-state index contributed by atoms with van der Waals surface area (Å²) >= 11 is 5.66. The van der Waals surface area contributed by atoms with E-state index in [1.165, 1.54) is 6.07 Å². The second-order valence-electron chi connectivity index (χ2n) is 7.49. The maximum absolute atomic E-state index is 11.5. The summed E-state index contributed by atoms with van der Waals surface area (Å²) in [5.41, 5.74) is 1.90. The predicted octanol–water partition coefficient (Wildman–Crippen LogP) is 5.13. The molecule has 2 aromatic carbocycles. The lowest BCUT2D eigenvalue weighted by atomic mass is 10.0. The van der Waals surface area contributed by atoms with E-state index in [0.29, 0.717) is 22.2 Å². The van der Waals surface area contributed by atoms with Gasteiger partial charge >= 0.3 is 0 Å². The highest BCUT2D eigenvalue weighted by Gasteiger charge is 2.42. The van der Waals surface area contributed by atoms with Gasteiger partial charge in [-0.1, -0.05) is 18.2 Å². The third-order valence-electron chi connectivity index (χ3n) is 5.51. The minimum absolute atomic E-state index is 0.0323. The Bertz CT molecular complexity index is 1320. The number of nitro benzene ring substituents is 1. The molecular formula is C24H18N4O4S. The van der Waals surface area contributed by atoms with Crippen molar-refractivity contribution in [2.45, 2.75) is 12.1 Å². The van der Waals surface area contributed by atoms with Crippen LogP contribution in [0.3, 0.4) is 0 Å². The minimum Gasteiger partial charge on any atom is -0.508 e. The van der Waals surface area contributed by atoms with Gasteiger partial charge < -0.3 is 19.7 Å². The van der Waals surface area contributed by atoms with Crippen LogP contribution in [0.5, 0.6) is 5.75 Å². The molecule has 1 aliphatic heterocycles. The highest BCUT2D eigenvalue weighted by atomic mass is 32.1. The first-order chi connectivity index (χ1) is 16.0. The molecule has 0 unspecified atom stereocenters. The molecule has 0 radical (unpaired) electrons. The Morgan fingerprint density at radius 3 is 2.52 bits per heavy atom. The van der Waals surface area contributed by atoms with Gasteiger partial charge in [-0.25, -0.2) is 0 Å². The number of benzene rings is 2. The minimum atomic E-state index is -0.427. The summed E-state index contributed by atoms with van der Waals surface area (Å²) in [6, 6.07) is 21.6. The maximum Gasteiger partial charge on any atom is 0.280 e. The van der Waals surface area contributed by atoms with Crippen LogP contribution in [0.2, 0.25) is 0 Å². The zero-order valence-corrected chi connectivity index (χ0v) is 18.0. The molecule has 2 atom stereocenters. The van der Waals surface area contributed by atoms with Crippen molar-refractivity contribution in [3.63, 3.8) is 0 Å². The Kier molecular flexibility index (Phi) is 5.23. The summed E-state index contributed by atoms with van der Waals surface area (Å²) in [6.07, 6.45) is 1.71. The number of pyridine rings is 1. The fourth-order valence-corrected chi connectivity index (χ4v) is 4.38. The maximum atomic E-state index is 11.5. The van der Waals surface area contributed by atoms with E-state index >= 15 is 0 Å². The number of rotatable bonds is 5. The molecule has 8 nitrogen and oxygen atoms in total. The third kappa shape index (κ3) is 3.79. The molecular weight excluding hydrogens is 440 g/mol. The first-order valence-corrected chi connectivity index (χ1v) is 10.6. The van der Waals surface area contributed by atoms with Gasteiger partial charge in [0.2, 0.25) is 0 Å². The quantitative estimate of drug-likeness (QED) is 0.241. The average molecular weight is 458 g/mol. The van der Waals surface area contributed by atoms with E-state index in [9.17, 15) is 15.2 Å². The first kappa shape index (κ1) is 20.7. The molecule has 0 spiro atoms.